The van der Waals surface area contributed by atoms with E-state index in [0.717, 1.165) is 26.9 Å². The molecule has 0 saturated heterocycles. The molecule has 0 bridgehead atoms. The van der Waals surface area contributed by atoms with E-state index >= 15 is 0 Å². The van der Waals surface area contributed by atoms with Gasteiger partial charge in [0.15, 0.2) is 0 Å². The van der Waals surface area contributed by atoms with E-state index in [1.54, 1.807) is 18.3 Å². The third-order valence-electron chi connectivity index (χ3n) is 3.79. The first-order valence-electron chi connectivity index (χ1n) is 7.62. The van der Waals surface area contributed by atoms with Gasteiger partial charge in [0.05, 0.1) is 5.52 Å². The van der Waals surface area contributed by atoms with Crippen molar-refractivity contribution in [3.63, 3.8) is 0 Å². The quantitative estimate of drug-likeness (QED) is 0.664. The van der Waals surface area contributed by atoms with Gasteiger partial charge in [0, 0.05) is 16.5 Å². The predicted octanol–water partition coefficient (Wildman–Crippen LogP) is 5.00. The molecule has 0 spiro atoms. The van der Waals surface area contributed by atoms with Crippen molar-refractivity contribution in [1.82, 2.24) is 4.98 Å². The predicted molar refractivity (Wildman–Crippen MR) is 94.7 cm³/mol. The minimum absolute atomic E-state index is 0.273. The fourth-order valence-electron chi connectivity index (χ4n) is 2.51. The van der Waals surface area contributed by atoms with Crippen LogP contribution in [0.3, 0.4) is 0 Å². The molecule has 1 N–H and O–H groups in total. The second-order valence-electron chi connectivity index (χ2n) is 5.40. The molecule has 24 heavy (non-hydrogen) atoms. The molecule has 2 aromatic carbocycles. The molecule has 0 aliphatic carbocycles. The Morgan fingerprint density at radius 3 is 2.54 bits per heavy atom. The van der Waals surface area contributed by atoms with Gasteiger partial charge in [-0.05, 0) is 47.9 Å². The Kier molecular flexibility index (Phi) is 4.81. The lowest BCUT2D eigenvalue weighted by molar-refractivity contribution is -0.136. The molecular formula is C19H16FNO2S. The Morgan fingerprint density at radius 1 is 1.17 bits per heavy atom. The Hall–Kier alpha value is -2.40. The molecule has 1 atom stereocenters. The van der Waals surface area contributed by atoms with Crippen molar-refractivity contribution < 1.29 is 14.3 Å². The van der Waals surface area contributed by atoms with Crippen LogP contribution in [0.2, 0.25) is 0 Å². The van der Waals surface area contributed by atoms with E-state index in [0.29, 0.717) is 6.42 Å². The summed E-state index contributed by atoms with van der Waals surface area (Å²) in [4.78, 5) is 16.6. The lowest BCUT2D eigenvalue weighted by Crippen LogP contribution is -2.14. The topological polar surface area (TPSA) is 50.2 Å². The summed E-state index contributed by atoms with van der Waals surface area (Å²) < 4.78 is 13.1. The van der Waals surface area contributed by atoms with Crippen LogP contribution in [-0.2, 0) is 4.79 Å². The summed E-state index contributed by atoms with van der Waals surface area (Å²) in [5.41, 5.74) is 2.66. The van der Waals surface area contributed by atoms with E-state index in [1.165, 1.54) is 23.9 Å². The molecule has 3 aromatic rings. The first-order chi connectivity index (χ1) is 11.6. The fraction of sp³-hybridized carbons (Fsp3) is 0.158. The normalized spacial score (nSPS) is 12.2. The number of benzene rings is 2. The summed E-state index contributed by atoms with van der Waals surface area (Å²) in [5.74, 6) is -1.09. The number of rotatable bonds is 5. The number of pyridine rings is 1. The Morgan fingerprint density at radius 2 is 1.88 bits per heavy atom. The third kappa shape index (κ3) is 3.41. The standard InChI is InChI=1S/C19H16FNO2S/c1-2-17(19(22)23)24-18-9-10-21-16-8-5-13(11-15(16)18)12-3-6-14(20)7-4-12/h3-11,17H,2H2,1H3,(H,22,23). The van der Waals surface area contributed by atoms with Crippen LogP contribution < -0.4 is 0 Å². The summed E-state index contributed by atoms with van der Waals surface area (Å²) in [6, 6.07) is 14.0. The smallest absolute Gasteiger partial charge is 0.316 e. The molecule has 3 rings (SSSR count). The van der Waals surface area contributed by atoms with Gasteiger partial charge in [0.1, 0.15) is 11.1 Å². The number of aliphatic carboxylic acids is 1. The van der Waals surface area contributed by atoms with E-state index in [-0.39, 0.29) is 5.82 Å². The molecule has 122 valence electrons. The number of thioether (sulfide) groups is 1. The highest BCUT2D eigenvalue weighted by molar-refractivity contribution is 8.00. The van der Waals surface area contributed by atoms with Crippen LogP contribution in [-0.4, -0.2) is 21.3 Å². The lowest BCUT2D eigenvalue weighted by Gasteiger charge is -2.12. The molecule has 0 amide bonds. The number of carboxylic acids is 1. The van der Waals surface area contributed by atoms with E-state index in [9.17, 15) is 14.3 Å². The van der Waals surface area contributed by atoms with Gasteiger partial charge in [-0.25, -0.2) is 4.39 Å². The zero-order valence-corrected chi connectivity index (χ0v) is 13.9. The highest BCUT2D eigenvalue weighted by Gasteiger charge is 2.18. The zero-order valence-electron chi connectivity index (χ0n) is 13.1. The van der Waals surface area contributed by atoms with Gasteiger partial charge in [-0.3, -0.25) is 9.78 Å². The van der Waals surface area contributed by atoms with Gasteiger partial charge < -0.3 is 5.11 Å². The molecule has 1 unspecified atom stereocenters. The first kappa shape index (κ1) is 16.5. The Bertz CT molecular complexity index is 880. The largest absolute Gasteiger partial charge is 0.480 e. The van der Waals surface area contributed by atoms with E-state index < -0.39 is 11.2 Å². The summed E-state index contributed by atoms with van der Waals surface area (Å²) >= 11 is 1.33. The summed E-state index contributed by atoms with van der Waals surface area (Å²) in [6.07, 6.45) is 2.23. The van der Waals surface area contributed by atoms with E-state index in [4.69, 9.17) is 0 Å². The monoisotopic (exact) mass is 341 g/mol. The summed E-state index contributed by atoms with van der Waals surface area (Å²) in [5, 5.41) is 9.70. The van der Waals surface area contributed by atoms with Crippen LogP contribution in [0.1, 0.15) is 13.3 Å². The molecule has 0 saturated carbocycles. The minimum atomic E-state index is -0.817. The molecule has 0 aliphatic heterocycles. The van der Waals surface area contributed by atoms with Crippen LogP contribution in [0.25, 0.3) is 22.0 Å². The highest BCUT2D eigenvalue weighted by Crippen LogP contribution is 2.33. The average Bonchev–Trinajstić information content (AvgIpc) is 2.59. The van der Waals surface area contributed by atoms with Crippen LogP contribution in [0.15, 0.2) is 59.6 Å². The van der Waals surface area contributed by atoms with Crippen molar-refractivity contribution in [1.29, 1.82) is 0 Å². The van der Waals surface area contributed by atoms with Crippen molar-refractivity contribution in [2.45, 2.75) is 23.5 Å². The highest BCUT2D eigenvalue weighted by atomic mass is 32.2. The molecular weight excluding hydrogens is 325 g/mol. The summed E-state index contributed by atoms with van der Waals surface area (Å²) in [7, 11) is 0. The van der Waals surface area contributed by atoms with Gasteiger partial charge >= 0.3 is 5.97 Å². The number of halogens is 1. The third-order valence-corrected chi connectivity index (χ3v) is 5.22. The van der Waals surface area contributed by atoms with E-state index in [1.807, 2.05) is 31.2 Å². The first-order valence-corrected chi connectivity index (χ1v) is 8.50. The van der Waals surface area contributed by atoms with Gasteiger partial charge in [0.25, 0.3) is 0 Å². The number of hydrogen-bond acceptors (Lipinski definition) is 3. The number of carbonyl (C=O) groups is 1. The second-order valence-corrected chi connectivity index (χ2v) is 6.65. The van der Waals surface area contributed by atoms with Crippen molar-refractivity contribution in [3.8, 4) is 11.1 Å². The van der Waals surface area contributed by atoms with E-state index in [2.05, 4.69) is 4.98 Å². The maximum atomic E-state index is 13.1. The fourth-order valence-corrected chi connectivity index (χ4v) is 3.51. The molecule has 1 heterocycles. The van der Waals surface area contributed by atoms with Crippen LogP contribution in [0, 0.1) is 5.82 Å². The molecule has 5 heteroatoms. The van der Waals surface area contributed by atoms with Gasteiger partial charge in [-0.15, -0.1) is 11.8 Å². The molecule has 3 nitrogen and oxygen atoms in total. The number of nitrogens with zero attached hydrogens (tertiary/aromatic N) is 1. The van der Waals surface area contributed by atoms with Gasteiger partial charge in [-0.1, -0.05) is 25.1 Å². The zero-order chi connectivity index (χ0) is 17.1. The molecule has 0 aliphatic rings. The molecule has 0 fully saturated rings. The molecule has 0 radical (unpaired) electrons. The van der Waals surface area contributed by atoms with Crippen molar-refractivity contribution >= 4 is 28.6 Å². The molecule has 1 aromatic heterocycles. The Balaban J connectivity index is 2.05. The number of hydrogen-bond donors (Lipinski definition) is 1. The van der Waals surface area contributed by atoms with Gasteiger partial charge in [0.2, 0.25) is 0 Å². The number of fused-ring (bicyclic) bond motifs is 1. The number of carboxylic acid groups (broad SMARTS) is 1. The van der Waals surface area contributed by atoms with Crippen LogP contribution >= 0.6 is 11.8 Å². The average molecular weight is 341 g/mol. The lowest BCUT2D eigenvalue weighted by atomic mass is 10.0. The number of aromatic nitrogens is 1. The minimum Gasteiger partial charge on any atom is -0.480 e. The second kappa shape index (κ2) is 7.01. The maximum absolute atomic E-state index is 13.1. The SMILES string of the molecule is CCC(Sc1ccnc2ccc(-c3ccc(F)cc3)cc12)C(=O)O. The Labute approximate surface area is 143 Å². The maximum Gasteiger partial charge on any atom is 0.316 e. The van der Waals surface area contributed by atoms with Crippen molar-refractivity contribution in [2.75, 3.05) is 0 Å². The summed E-state index contributed by atoms with van der Waals surface area (Å²) in [6.45, 7) is 1.86. The van der Waals surface area contributed by atoms with Gasteiger partial charge in [-0.2, -0.15) is 0 Å². The van der Waals surface area contributed by atoms with Crippen molar-refractivity contribution in [2.24, 2.45) is 0 Å². The van der Waals surface area contributed by atoms with Crippen molar-refractivity contribution in [3.05, 3.63) is 60.5 Å². The van der Waals surface area contributed by atoms with Crippen LogP contribution in [0.5, 0.6) is 0 Å². The van der Waals surface area contributed by atoms with Crippen LogP contribution in [0.4, 0.5) is 4.39 Å².